The highest BCUT2D eigenvalue weighted by molar-refractivity contribution is 5.89. The first kappa shape index (κ1) is 13.5. The molecule has 0 aliphatic rings. The van der Waals surface area contributed by atoms with Crippen LogP contribution < -0.4 is 10.6 Å². The Morgan fingerprint density at radius 1 is 1.35 bits per heavy atom. The second kappa shape index (κ2) is 6.89. The van der Waals surface area contributed by atoms with Crippen molar-refractivity contribution in [2.24, 2.45) is 0 Å². The summed E-state index contributed by atoms with van der Waals surface area (Å²) < 4.78 is 13.2. The Hall–Kier alpha value is -1.58. The molecule has 1 rings (SSSR count). The Morgan fingerprint density at radius 2 is 2.12 bits per heavy atom. The number of unbranched alkanes of at least 4 members (excludes halogenated alkanes) is 2. The topological polar surface area (TPSA) is 41.1 Å². The van der Waals surface area contributed by atoms with Gasteiger partial charge in [0.15, 0.2) is 0 Å². The van der Waals surface area contributed by atoms with Crippen LogP contribution in [0.15, 0.2) is 18.2 Å². The van der Waals surface area contributed by atoms with Gasteiger partial charge in [0.05, 0.1) is 0 Å². The highest BCUT2D eigenvalue weighted by atomic mass is 19.1. The minimum Gasteiger partial charge on any atom is -0.338 e. The summed E-state index contributed by atoms with van der Waals surface area (Å²) in [5.41, 5.74) is 1.04. The van der Waals surface area contributed by atoms with Crippen molar-refractivity contribution >= 4 is 11.7 Å². The summed E-state index contributed by atoms with van der Waals surface area (Å²) in [6.07, 6.45) is 3.18. The Bertz CT molecular complexity index is 380. The number of benzene rings is 1. The van der Waals surface area contributed by atoms with Gasteiger partial charge in [-0.15, -0.1) is 0 Å². The molecule has 0 aliphatic carbocycles. The smallest absolute Gasteiger partial charge is 0.319 e. The van der Waals surface area contributed by atoms with Crippen LogP contribution in [0.4, 0.5) is 14.9 Å². The van der Waals surface area contributed by atoms with E-state index >= 15 is 0 Å². The van der Waals surface area contributed by atoms with E-state index in [1.165, 1.54) is 6.07 Å². The zero-order chi connectivity index (χ0) is 12.7. The molecule has 2 amide bonds. The number of amides is 2. The van der Waals surface area contributed by atoms with Gasteiger partial charge in [-0.1, -0.05) is 25.8 Å². The number of hydrogen-bond donors (Lipinski definition) is 2. The van der Waals surface area contributed by atoms with Crippen LogP contribution in [-0.2, 0) is 0 Å². The molecule has 0 aliphatic heterocycles. The van der Waals surface area contributed by atoms with Gasteiger partial charge >= 0.3 is 6.03 Å². The fraction of sp³-hybridized carbons (Fsp3) is 0.462. The second-order valence-electron chi connectivity index (χ2n) is 4.05. The standard InChI is InChI=1S/C13H19FN2O/c1-3-4-5-8-15-13(17)16-11-7-6-10(2)12(14)9-11/h6-7,9H,3-5,8H2,1-2H3,(H2,15,16,17). The lowest BCUT2D eigenvalue weighted by Gasteiger charge is -2.08. The number of nitrogens with one attached hydrogen (secondary N) is 2. The van der Waals surface area contributed by atoms with Crippen molar-refractivity contribution in [1.82, 2.24) is 5.32 Å². The fourth-order valence-electron chi connectivity index (χ4n) is 1.42. The molecule has 0 aromatic heterocycles. The number of aryl methyl sites for hydroxylation is 1. The van der Waals surface area contributed by atoms with E-state index in [1.807, 2.05) is 0 Å². The van der Waals surface area contributed by atoms with Crippen LogP contribution in [0.2, 0.25) is 0 Å². The molecule has 0 saturated carbocycles. The number of urea groups is 1. The fourth-order valence-corrected chi connectivity index (χ4v) is 1.42. The Balaban J connectivity index is 2.37. The van der Waals surface area contributed by atoms with E-state index in [0.717, 1.165) is 19.3 Å². The lowest BCUT2D eigenvalue weighted by atomic mass is 10.2. The average Bonchev–Trinajstić information content (AvgIpc) is 2.30. The van der Waals surface area contributed by atoms with E-state index in [0.29, 0.717) is 17.8 Å². The zero-order valence-electron chi connectivity index (χ0n) is 10.3. The number of rotatable bonds is 5. The van der Waals surface area contributed by atoms with Gasteiger partial charge in [0.25, 0.3) is 0 Å². The summed E-state index contributed by atoms with van der Waals surface area (Å²) in [4.78, 5) is 11.4. The normalized spacial score (nSPS) is 10.1. The molecule has 1 aromatic carbocycles. The van der Waals surface area contributed by atoms with Crippen molar-refractivity contribution < 1.29 is 9.18 Å². The molecule has 94 valence electrons. The second-order valence-corrected chi connectivity index (χ2v) is 4.05. The molecule has 0 bridgehead atoms. The summed E-state index contributed by atoms with van der Waals surface area (Å²) in [6.45, 7) is 4.44. The van der Waals surface area contributed by atoms with E-state index in [9.17, 15) is 9.18 Å². The maximum Gasteiger partial charge on any atom is 0.319 e. The van der Waals surface area contributed by atoms with Gasteiger partial charge in [0.2, 0.25) is 0 Å². The van der Waals surface area contributed by atoms with Crippen molar-refractivity contribution in [2.45, 2.75) is 33.1 Å². The number of hydrogen-bond acceptors (Lipinski definition) is 1. The van der Waals surface area contributed by atoms with Crippen LogP contribution in [0.3, 0.4) is 0 Å². The van der Waals surface area contributed by atoms with E-state index in [1.54, 1.807) is 19.1 Å². The molecule has 4 heteroatoms. The summed E-state index contributed by atoms with van der Waals surface area (Å²) in [5, 5.41) is 5.32. The Labute approximate surface area is 101 Å². The van der Waals surface area contributed by atoms with Crippen LogP contribution in [0.25, 0.3) is 0 Å². The quantitative estimate of drug-likeness (QED) is 0.758. The maximum absolute atomic E-state index is 13.2. The summed E-state index contributed by atoms with van der Waals surface area (Å²) in [6, 6.07) is 4.36. The first-order valence-electron chi connectivity index (χ1n) is 5.94. The van der Waals surface area contributed by atoms with E-state index in [4.69, 9.17) is 0 Å². The lowest BCUT2D eigenvalue weighted by Crippen LogP contribution is -2.29. The number of carbonyl (C=O) groups is 1. The molecule has 1 aromatic rings. The van der Waals surface area contributed by atoms with Gasteiger partial charge < -0.3 is 10.6 Å². The largest absolute Gasteiger partial charge is 0.338 e. The van der Waals surface area contributed by atoms with Gasteiger partial charge in [-0.25, -0.2) is 9.18 Å². The molecular formula is C13H19FN2O. The predicted octanol–water partition coefficient (Wildman–Crippen LogP) is 3.45. The maximum atomic E-state index is 13.2. The first-order valence-corrected chi connectivity index (χ1v) is 5.94. The average molecular weight is 238 g/mol. The van der Waals surface area contributed by atoms with E-state index < -0.39 is 0 Å². The van der Waals surface area contributed by atoms with Gasteiger partial charge in [-0.05, 0) is 31.0 Å². The number of carbonyl (C=O) groups excluding carboxylic acids is 1. The Kier molecular flexibility index (Phi) is 5.46. The molecule has 0 spiro atoms. The molecular weight excluding hydrogens is 219 g/mol. The highest BCUT2D eigenvalue weighted by Crippen LogP contribution is 2.13. The van der Waals surface area contributed by atoms with Crippen LogP contribution in [0, 0.1) is 12.7 Å². The number of anilines is 1. The first-order chi connectivity index (χ1) is 8.13. The summed E-state index contributed by atoms with van der Waals surface area (Å²) in [5.74, 6) is -0.311. The SMILES string of the molecule is CCCCCNC(=O)Nc1ccc(C)c(F)c1. The van der Waals surface area contributed by atoms with Crippen molar-refractivity contribution in [3.63, 3.8) is 0 Å². The highest BCUT2D eigenvalue weighted by Gasteiger charge is 2.03. The molecule has 2 N–H and O–H groups in total. The molecule has 0 atom stereocenters. The molecule has 0 radical (unpaired) electrons. The van der Waals surface area contributed by atoms with Crippen molar-refractivity contribution in [1.29, 1.82) is 0 Å². The minimum atomic E-state index is -0.311. The molecule has 0 unspecified atom stereocenters. The van der Waals surface area contributed by atoms with Gasteiger partial charge in [0.1, 0.15) is 5.82 Å². The Morgan fingerprint density at radius 3 is 2.76 bits per heavy atom. The minimum absolute atomic E-state index is 0.288. The monoisotopic (exact) mass is 238 g/mol. The van der Waals surface area contributed by atoms with Crippen LogP contribution in [0.1, 0.15) is 31.7 Å². The number of halogens is 1. The molecule has 3 nitrogen and oxygen atoms in total. The van der Waals surface area contributed by atoms with Crippen LogP contribution >= 0.6 is 0 Å². The van der Waals surface area contributed by atoms with Crippen LogP contribution in [0.5, 0.6) is 0 Å². The molecule has 17 heavy (non-hydrogen) atoms. The molecule has 0 heterocycles. The van der Waals surface area contributed by atoms with Gasteiger partial charge in [-0.2, -0.15) is 0 Å². The third-order valence-electron chi connectivity index (χ3n) is 2.50. The summed E-state index contributed by atoms with van der Waals surface area (Å²) in [7, 11) is 0. The van der Waals surface area contributed by atoms with E-state index in [-0.39, 0.29) is 11.8 Å². The van der Waals surface area contributed by atoms with E-state index in [2.05, 4.69) is 17.6 Å². The van der Waals surface area contributed by atoms with Crippen molar-refractivity contribution in [3.8, 4) is 0 Å². The van der Waals surface area contributed by atoms with Gasteiger partial charge in [0, 0.05) is 12.2 Å². The molecule has 0 fully saturated rings. The van der Waals surface area contributed by atoms with Crippen molar-refractivity contribution in [3.05, 3.63) is 29.6 Å². The third-order valence-corrected chi connectivity index (χ3v) is 2.50. The predicted molar refractivity (Wildman–Crippen MR) is 67.7 cm³/mol. The third kappa shape index (κ3) is 4.85. The van der Waals surface area contributed by atoms with Crippen LogP contribution in [-0.4, -0.2) is 12.6 Å². The summed E-state index contributed by atoms with van der Waals surface area (Å²) >= 11 is 0. The van der Waals surface area contributed by atoms with Crippen molar-refractivity contribution in [2.75, 3.05) is 11.9 Å². The molecule has 0 saturated heterocycles. The van der Waals surface area contributed by atoms with Gasteiger partial charge in [-0.3, -0.25) is 0 Å². The lowest BCUT2D eigenvalue weighted by molar-refractivity contribution is 0.252. The zero-order valence-corrected chi connectivity index (χ0v) is 10.3.